The number of nitriles is 1. The van der Waals surface area contributed by atoms with Crippen molar-refractivity contribution in [2.24, 2.45) is 0 Å². The molecule has 0 atom stereocenters. The van der Waals surface area contributed by atoms with Crippen molar-refractivity contribution in [2.75, 3.05) is 6.61 Å². The van der Waals surface area contributed by atoms with Gasteiger partial charge in [-0.15, -0.1) is 5.10 Å². The first kappa shape index (κ1) is 29.6. The zero-order chi connectivity index (χ0) is 31.5. The fraction of sp³-hybridized carbons (Fsp3) is 0.205. The molecule has 1 aromatic heterocycles. The SMILES string of the molecule is CCc1cc(Cl)c(CCc2cccc(-c3ccc4c(c3)CCCO4)c2-n2nnc3ccccc32)cc1OCc1cccc(C#N)c1. The Bertz CT molecular complexity index is 2090. The Labute approximate surface area is 273 Å². The summed E-state index contributed by atoms with van der Waals surface area (Å²) in [5.41, 5.74) is 11.1. The second-order valence-electron chi connectivity index (χ2n) is 11.6. The van der Waals surface area contributed by atoms with E-state index >= 15 is 0 Å². The monoisotopic (exact) mass is 624 g/mol. The summed E-state index contributed by atoms with van der Waals surface area (Å²) in [6, 6.07) is 34.8. The van der Waals surface area contributed by atoms with Gasteiger partial charge in [-0.05, 0) is 114 Å². The van der Waals surface area contributed by atoms with Crippen molar-refractivity contribution in [3.8, 4) is 34.4 Å². The number of rotatable bonds is 9. The van der Waals surface area contributed by atoms with Crippen LogP contribution < -0.4 is 9.47 Å². The second kappa shape index (κ2) is 13.1. The van der Waals surface area contributed by atoms with Crippen LogP contribution in [0.2, 0.25) is 5.02 Å². The lowest BCUT2D eigenvalue weighted by Crippen LogP contribution is -2.09. The van der Waals surface area contributed by atoms with Crippen LogP contribution in [0.1, 0.15) is 46.7 Å². The van der Waals surface area contributed by atoms with E-state index in [0.717, 1.165) is 98.9 Å². The summed E-state index contributed by atoms with van der Waals surface area (Å²) < 4.78 is 14.2. The molecule has 0 bridgehead atoms. The first-order chi connectivity index (χ1) is 22.6. The number of para-hydroxylation sites is 2. The van der Waals surface area contributed by atoms with Crippen LogP contribution in [-0.4, -0.2) is 21.6 Å². The van der Waals surface area contributed by atoms with Crippen LogP contribution in [0, 0.1) is 11.3 Å². The Morgan fingerprint density at radius 1 is 0.913 bits per heavy atom. The number of aryl methyl sites for hydroxylation is 4. The maximum absolute atomic E-state index is 9.29. The van der Waals surface area contributed by atoms with Crippen molar-refractivity contribution in [3.05, 3.63) is 135 Å². The number of aromatic nitrogens is 3. The summed E-state index contributed by atoms with van der Waals surface area (Å²) in [7, 11) is 0. The number of benzene rings is 5. The summed E-state index contributed by atoms with van der Waals surface area (Å²) in [6.07, 6.45) is 4.27. The van der Waals surface area contributed by atoms with Gasteiger partial charge in [0.1, 0.15) is 23.6 Å². The molecule has 5 aromatic carbocycles. The average Bonchev–Trinajstić information content (AvgIpc) is 3.54. The molecular formula is C39H33ClN4O2. The van der Waals surface area contributed by atoms with Crippen molar-refractivity contribution >= 4 is 22.6 Å². The highest BCUT2D eigenvalue weighted by Crippen LogP contribution is 2.36. The van der Waals surface area contributed by atoms with Crippen LogP contribution in [0.4, 0.5) is 0 Å². The van der Waals surface area contributed by atoms with E-state index in [1.165, 1.54) is 5.56 Å². The van der Waals surface area contributed by atoms with Gasteiger partial charge < -0.3 is 9.47 Å². The van der Waals surface area contributed by atoms with Crippen LogP contribution in [0.25, 0.3) is 27.8 Å². The molecule has 6 aromatic rings. The highest BCUT2D eigenvalue weighted by atomic mass is 35.5. The van der Waals surface area contributed by atoms with E-state index < -0.39 is 0 Å². The van der Waals surface area contributed by atoms with Gasteiger partial charge in [-0.25, -0.2) is 4.68 Å². The molecule has 7 rings (SSSR count). The van der Waals surface area contributed by atoms with Gasteiger partial charge in [0.05, 0.1) is 29.4 Å². The zero-order valence-corrected chi connectivity index (χ0v) is 26.4. The van der Waals surface area contributed by atoms with E-state index in [4.69, 9.17) is 21.1 Å². The lowest BCUT2D eigenvalue weighted by atomic mass is 9.93. The van der Waals surface area contributed by atoms with Crippen molar-refractivity contribution in [1.29, 1.82) is 5.26 Å². The highest BCUT2D eigenvalue weighted by Gasteiger charge is 2.19. The average molecular weight is 625 g/mol. The third-order valence-electron chi connectivity index (χ3n) is 8.63. The molecule has 0 N–H and O–H groups in total. The fourth-order valence-corrected chi connectivity index (χ4v) is 6.52. The van der Waals surface area contributed by atoms with Gasteiger partial charge in [0.15, 0.2) is 0 Å². The molecule has 228 valence electrons. The number of hydrogen-bond donors (Lipinski definition) is 0. The minimum absolute atomic E-state index is 0.376. The minimum atomic E-state index is 0.376. The molecule has 0 saturated heterocycles. The molecular weight excluding hydrogens is 592 g/mol. The molecule has 1 aliphatic heterocycles. The van der Waals surface area contributed by atoms with Crippen molar-refractivity contribution < 1.29 is 9.47 Å². The molecule has 0 aliphatic carbocycles. The Balaban J connectivity index is 1.24. The molecule has 0 fully saturated rings. The van der Waals surface area contributed by atoms with Crippen molar-refractivity contribution in [1.82, 2.24) is 15.0 Å². The van der Waals surface area contributed by atoms with Gasteiger partial charge >= 0.3 is 0 Å². The first-order valence-electron chi connectivity index (χ1n) is 15.7. The van der Waals surface area contributed by atoms with Crippen LogP contribution in [0.15, 0.2) is 97.1 Å². The summed E-state index contributed by atoms with van der Waals surface area (Å²) in [5.74, 6) is 1.79. The van der Waals surface area contributed by atoms with Crippen LogP contribution in [0.3, 0.4) is 0 Å². The smallest absolute Gasteiger partial charge is 0.123 e. The van der Waals surface area contributed by atoms with Crippen molar-refractivity contribution in [3.63, 3.8) is 0 Å². The molecule has 46 heavy (non-hydrogen) atoms. The third-order valence-corrected chi connectivity index (χ3v) is 8.98. The minimum Gasteiger partial charge on any atom is -0.493 e. The van der Waals surface area contributed by atoms with Gasteiger partial charge in [0, 0.05) is 10.6 Å². The summed E-state index contributed by atoms with van der Waals surface area (Å²) in [4.78, 5) is 0. The molecule has 6 nitrogen and oxygen atoms in total. The molecule has 0 spiro atoms. The number of ether oxygens (including phenoxy) is 2. The number of halogens is 1. The molecule has 2 heterocycles. The Morgan fingerprint density at radius 3 is 2.67 bits per heavy atom. The van der Waals surface area contributed by atoms with E-state index in [0.29, 0.717) is 18.6 Å². The normalized spacial score (nSPS) is 12.4. The summed E-state index contributed by atoms with van der Waals surface area (Å²) in [6.45, 7) is 3.24. The Hall–Kier alpha value is -5.12. The van der Waals surface area contributed by atoms with E-state index in [1.54, 1.807) is 6.07 Å². The van der Waals surface area contributed by atoms with Gasteiger partial charge in [0.2, 0.25) is 0 Å². The van der Waals surface area contributed by atoms with E-state index in [-0.39, 0.29) is 0 Å². The molecule has 0 amide bonds. The van der Waals surface area contributed by atoms with Crippen molar-refractivity contribution in [2.45, 2.75) is 45.6 Å². The molecule has 7 heteroatoms. The fourth-order valence-electron chi connectivity index (χ4n) is 6.24. The molecule has 0 saturated carbocycles. The standard InChI is InChI=1S/C39H33ClN4O2/c1-2-28-22-34(40)31(23-38(28)46-25-27-9-5-8-26(20-27)24-41)16-15-29-10-6-12-33(30-17-18-37-32(21-30)11-7-19-45-37)39(29)44-36-14-4-3-13-35(36)42-43-44/h3-6,8-10,12-14,17-18,20-23H,2,7,11,15-16,19,25H2,1H3. The lowest BCUT2D eigenvalue weighted by Gasteiger charge is -2.20. The van der Waals surface area contributed by atoms with E-state index in [9.17, 15) is 5.26 Å². The van der Waals surface area contributed by atoms with E-state index in [2.05, 4.69) is 71.8 Å². The summed E-state index contributed by atoms with van der Waals surface area (Å²) >= 11 is 6.88. The first-order valence-corrected chi connectivity index (χ1v) is 16.1. The van der Waals surface area contributed by atoms with E-state index in [1.807, 2.05) is 47.1 Å². The lowest BCUT2D eigenvalue weighted by molar-refractivity contribution is 0.288. The zero-order valence-electron chi connectivity index (χ0n) is 25.7. The number of nitrogens with zero attached hydrogens (tertiary/aromatic N) is 4. The summed E-state index contributed by atoms with van der Waals surface area (Å²) in [5, 5.41) is 19.2. The molecule has 0 unspecified atom stereocenters. The predicted octanol–water partition coefficient (Wildman–Crippen LogP) is 8.86. The van der Waals surface area contributed by atoms with Crippen LogP contribution >= 0.6 is 11.6 Å². The van der Waals surface area contributed by atoms with Crippen LogP contribution in [0.5, 0.6) is 11.5 Å². The van der Waals surface area contributed by atoms with Gasteiger partial charge in [-0.2, -0.15) is 5.26 Å². The Morgan fingerprint density at radius 2 is 1.78 bits per heavy atom. The quantitative estimate of drug-likeness (QED) is 0.161. The van der Waals surface area contributed by atoms with Gasteiger partial charge in [0.25, 0.3) is 0 Å². The third kappa shape index (κ3) is 5.94. The largest absolute Gasteiger partial charge is 0.493 e. The predicted molar refractivity (Wildman–Crippen MR) is 182 cm³/mol. The molecule has 1 aliphatic rings. The number of hydrogen-bond acceptors (Lipinski definition) is 5. The highest BCUT2D eigenvalue weighted by molar-refractivity contribution is 6.31. The Kier molecular flexibility index (Phi) is 8.41. The maximum atomic E-state index is 9.29. The van der Waals surface area contributed by atoms with Crippen LogP contribution in [-0.2, 0) is 32.3 Å². The second-order valence-corrected chi connectivity index (χ2v) is 12.0. The maximum Gasteiger partial charge on any atom is 0.123 e. The van der Waals surface area contributed by atoms with Gasteiger partial charge in [-0.3, -0.25) is 0 Å². The topological polar surface area (TPSA) is 73.0 Å². The van der Waals surface area contributed by atoms with Gasteiger partial charge in [-0.1, -0.05) is 72.3 Å². The molecule has 0 radical (unpaired) electrons. The number of fused-ring (bicyclic) bond motifs is 2.